The Bertz CT molecular complexity index is 948. The Balaban J connectivity index is 1.49. The first kappa shape index (κ1) is 18.4. The Morgan fingerprint density at radius 2 is 1.78 bits per heavy atom. The van der Waals surface area contributed by atoms with Crippen molar-refractivity contribution >= 4 is 21.5 Å². The minimum absolute atomic E-state index is 0.0243. The Hall–Kier alpha value is -1.95. The van der Waals surface area contributed by atoms with Crippen molar-refractivity contribution in [3.63, 3.8) is 0 Å². The summed E-state index contributed by atoms with van der Waals surface area (Å²) in [5.74, 6) is -0.775. The number of hydrogen-bond acceptors (Lipinski definition) is 6. The van der Waals surface area contributed by atoms with Gasteiger partial charge in [-0.3, -0.25) is 0 Å². The maximum Gasteiger partial charge on any atom is 0.453 e. The van der Waals surface area contributed by atoms with E-state index in [2.05, 4.69) is 15.3 Å². The van der Waals surface area contributed by atoms with Gasteiger partial charge < -0.3 is 4.90 Å². The number of halogens is 3. The van der Waals surface area contributed by atoms with Gasteiger partial charge in [-0.25, -0.2) is 12.7 Å². The van der Waals surface area contributed by atoms with Gasteiger partial charge in [-0.15, -0.1) is 15.3 Å². The lowest BCUT2D eigenvalue weighted by atomic mass is 10.1. The molecule has 8 nitrogen and oxygen atoms in total. The van der Waals surface area contributed by atoms with Gasteiger partial charge in [0, 0.05) is 26.2 Å². The summed E-state index contributed by atoms with van der Waals surface area (Å²) in [5.41, 5.74) is 0.0243. The van der Waals surface area contributed by atoms with E-state index in [1.165, 1.54) is 10.4 Å². The first-order valence-corrected chi connectivity index (χ1v) is 10.2. The first-order valence-electron chi connectivity index (χ1n) is 8.69. The molecule has 2 aromatic heterocycles. The van der Waals surface area contributed by atoms with Gasteiger partial charge in [-0.2, -0.15) is 17.7 Å². The van der Waals surface area contributed by atoms with E-state index in [-0.39, 0.29) is 16.9 Å². The number of hydrogen-bond donors (Lipinski definition) is 0. The summed E-state index contributed by atoms with van der Waals surface area (Å²) in [4.78, 5) is 1.85. The summed E-state index contributed by atoms with van der Waals surface area (Å²) in [6, 6.07) is 2.95. The number of nitrogens with zero attached hydrogens (tertiary/aromatic N) is 6. The molecule has 0 aromatic carbocycles. The summed E-state index contributed by atoms with van der Waals surface area (Å²) in [5, 5.41) is 10.5. The molecule has 27 heavy (non-hydrogen) atoms. The SMILES string of the molecule is CN(C1CCN(c2ccc3nnc(C(F)(F)F)n3n2)CC1)S(=O)(=O)C1CC1. The molecule has 2 aromatic rings. The predicted molar refractivity (Wildman–Crippen MR) is 90.7 cm³/mol. The van der Waals surface area contributed by atoms with Crippen LogP contribution in [0.3, 0.4) is 0 Å². The molecular weight excluding hydrogens is 385 g/mol. The molecule has 0 amide bonds. The number of sulfonamides is 1. The summed E-state index contributed by atoms with van der Waals surface area (Å²) >= 11 is 0. The number of rotatable bonds is 4. The fraction of sp³-hybridized carbons (Fsp3) is 0.667. The van der Waals surface area contributed by atoms with Crippen LogP contribution in [-0.4, -0.2) is 64.0 Å². The monoisotopic (exact) mass is 404 g/mol. The third-order valence-corrected chi connectivity index (χ3v) is 7.57. The van der Waals surface area contributed by atoms with Crippen LogP contribution >= 0.6 is 0 Å². The van der Waals surface area contributed by atoms with Gasteiger partial charge in [0.15, 0.2) is 5.65 Å². The van der Waals surface area contributed by atoms with Crippen molar-refractivity contribution < 1.29 is 21.6 Å². The Kier molecular flexibility index (Phi) is 4.29. The molecule has 1 saturated carbocycles. The van der Waals surface area contributed by atoms with Crippen molar-refractivity contribution in [3.8, 4) is 0 Å². The zero-order valence-electron chi connectivity index (χ0n) is 14.6. The second-order valence-electron chi connectivity index (χ2n) is 6.96. The molecule has 2 fully saturated rings. The third-order valence-electron chi connectivity index (χ3n) is 5.15. The zero-order chi connectivity index (χ0) is 19.4. The highest BCUT2D eigenvalue weighted by molar-refractivity contribution is 7.90. The fourth-order valence-corrected chi connectivity index (χ4v) is 5.22. The Morgan fingerprint density at radius 3 is 2.37 bits per heavy atom. The van der Waals surface area contributed by atoms with Gasteiger partial charge in [0.25, 0.3) is 5.82 Å². The Labute approximate surface area is 154 Å². The zero-order valence-corrected chi connectivity index (χ0v) is 15.4. The van der Waals surface area contributed by atoms with E-state index in [0.29, 0.717) is 36.3 Å². The largest absolute Gasteiger partial charge is 0.453 e. The maximum atomic E-state index is 13.0. The molecule has 1 aliphatic heterocycles. The molecule has 0 unspecified atom stereocenters. The van der Waals surface area contributed by atoms with Gasteiger partial charge >= 0.3 is 6.18 Å². The first-order chi connectivity index (χ1) is 12.7. The standard InChI is InChI=1S/C15H19F3N6O2S/c1-22(27(25,26)11-2-3-11)10-6-8-23(9-7-10)13-5-4-12-19-20-14(15(16,17)18)24(12)21-13/h4-5,10-11H,2-3,6-9H2,1H3. The molecule has 0 N–H and O–H groups in total. The summed E-state index contributed by atoms with van der Waals surface area (Å²) in [7, 11) is -1.62. The van der Waals surface area contributed by atoms with E-state index in [0.717, 1.165) is 12.8 Å². The molecular formula is C15H19F3N6O2S. The van der Waals surface area contributed by atoms with Crippen molar-refractivity contribution in [3.05, 3.63) is 18.0 Å². The highest BCUT2D eigenvalue weighted by Gasteiger charge is 2.42. The summed E-state index contributed by atoms with van der Waals surface area (Å²) in [6.45, 7) is 1.02. The average Bonchev–Trinajstić information content (AvgIpc) is 3.40. The predicted octanol–water partition coefficient (Wildman–Crippen LogP) is 1.54. The van der Waals surface area contributed by atoms with Crippen LogP contribution in [0.1, 0.15) is 31.5 Å². The van der Waals surface area contributed by atoms with Gasteiger partial charge in [0.1, 0.15) is 5.82 Å². The lowest BCUT2D eigenvalue weighted by Gasteiger charge is -2.36. The molecule has 3 heterocycles. The fourth-order valence-electron chi connectivity index (χ4n) is 3.39. The van der Waals surface area contributed by atoms with Gasteiger partial charge in [-0.05, 0) is 37.8 Å². The molecule has 2 aliphatic rings. The number of piperidine rings is 1. The normalized spacial score (nSPS) is 20.0. The van der Waals surface area contributed by atoms with Crippen molar-refractivity contribution in [2.75, 3.05) is 25.0 Å². The van der Waals surface area contributed by atoms with Crippen molar-refractivity contribution in [2.45, 2.75) is 43.2 Å². The summed E-state index contributed by atoms with van der Waals surface area (Å²) in [6.07, 6.45) is -2.02. The molecule has 1 aliphatic carbocycles. The number of fused-ring (bicyclic) bond motifs is 1. The van der Waals surface area contributed by atoms with E-state index in [1.54, 1.807) is 13.1 Å². The molecule has 0 atom stereocenters. The van der Waals surface area contributed by atoms with E-state index >= 15 is 0 Å². The van der Waals surface area contributed by atoms with Crippen LogP contribution < -0.4 is 4.90 Å². The molecule has 12 heteroatoms. The molecule has 0 spiro atoms. The van der Waals surface area contributed by atoms with Crippen LogP contribution in [-0.2, 0) is 16.2 Å². The highest BCUT2D eigenvalue weighted by atomic mass is 32.2. The van der Waals surface area contributed by atoms with E-state index in [4.69, 9.17) is 0 Å². The molecule has 0 radical (unpaired) electrons. The van der Waals surface area contributed by atoms with E-state index in [9.17, 15) is 21.6 Å². The second kappa shape index (κ2) is 6.30. The number of aromatic nitrogens is 4. The molecule has 1 saturated heterocycles. The minimum atomic E-state index is -4.64. The van der Waals surface area contributed by atoms with E-state index < -0.39 is 22.0 Å². The van der Waals surface area contributed by atoms with Crippen LogP contribution in [0.15, 0.2) is 12.1 Å². The lowest BCUT2D eigenvalue weighted by Crippen LogP contribution is -2.46. The van der Waals surface area contributed by atoms with Gasteiger partial charge in [0.05, 0.1) is 5.25 Å². The number of alkyl halides is 3. The van der Waals surface area contributed by atoms with Gasteiger partial charge in [0.2, 0.25) is 10.0 Å². The van der Waals surface area contributed by atoms with Crippen LogP contribution in [0.2, 0.25) is 0 Å². The van der Waals surface area contributed by atoms with Crippen molar-refractivity contribution in [1.82, 2.24) is 24.1 Å². The lowest BCUT2D eigenvalue weighted by molar-refractivity contribution is -0.146. The van der Waals surface area contributed by atoms with Crippen LogP contribution in [0.5, 0.6) is 0 Å². The second-order valence-corrected chi connectivity index (χ2v) is 9.23. The number of anilines is 1. The molecule has 148 valence electrons. The minimum Gasteiger partial charge on any atom is -0.355 e. The highest BCUT2D eigenvalue weighted by Crippen LogP contribution is 2.33. The quantitative estimate of drug-likeness (QED) is 0.769. The smallest absolute Gasteiger partial charge is 0.355 e. The van der Waals surface area contributed by atoms with E-state index in [1.807, 2.05) is 4.90 Å². The maximum absolute atomic E-state index is 13.0. The van der Waals surface area contributed by atoms with Crippen LogP contribution in [0, 0.1) is 0 Å². The Morgan fingerprint density at radius 1 is 1.11 bits per heavy atom. The van der Waals surface area contributed by atoms with Gasteiger partial charge in [-0.1, -0.05) is 0 Å². The average molecular weight is 404 g/mol. The van der Waals surface area contributed by atoms with Crippen molar-refractivity contribution in [2.24, 2.45) is 0 Å². The summed E-state index contributed by atoms with van der Waals surface area (Å²) < 4.78 is 65.9. The third kappa shape index (κ3) is 3.35. The molecule has 4 rings (SSSR count). The van der Waals surface area contributed by atoms with Crippen molar-refractivity contribution in [1.29, 1.82) is 0 Å². The van der Waals surface area contributed by atoms with Crippen LogP contribution in [0.25, 0.3) is 5.65 Å². The topological polar surface area (TPSA) is 83.7 Å². The van der Waals surface area contributed by atoms with Crippen LogP contribution in [0.4, 0.5) is 19.0 Å². The molecule has 0 bridgehead atoms.